The highest BCUT2D eigenvalue weighted by atomic mass is 32.2. The van der Waals surface area contributed by atoms with Gasteiger partial charge in [-0.15, -0.1) is 0 Å². The van der Waals surface area contributed by atoms with Gasteiger partial charge in [-0.2, -0.15) is 0 Å². The predicted octanol–water partition coefficient (Wildman–Crippen LogP) is 0.387. The van der Waals surface area contributed by atoms with Gasteiger partial charge in [0.05, 0.1) is 11.5 Å². The highest BCUT2D eigenvalue weighted by Crippen LogP contribution is 2.11. The maximum atomic E-state index is 11.8. The Labute approximate surface area is 148 Å². The SMILES string of the molecule is O=C(CCNC(=S)NCCc1ccccc1)NC1CCS(=O)(=O)C1. The van der Waals surface area contributed by atoms with Crippen LogP contribution in [0.2, 0.25) is 0 Å². The second-order valence-corrected chi connectivity index (χ2v) is 8.47. The molecule has 0 radical (unpaired) electrons. The average Bonchev–Trinajstić information content (AvgIpc) is 2.87. The zero-order valence-corrected chi connectivity index (χ0v) is 15.1. The summed E-state index contributed by atoms with van der Waals surface area (Å²) in [6.45, 7) is 1.14. The van der Waals surface area contributed by atoms with Gasteiger partial charge >= 0.3 is 0 Å². The number of sulfone groups is 1. The number of carbonyl (C=O) groups excluding carboxylic acids is 1. The molecule has 1 aliphatic heterocycles. The van der Waals surface area contributed by atoms with Gasteiger partial charge in [-0.25, -0.2) is 8.42 Å². The minimum absolute atomic E-state index is 0.0472. The van der Waals surface area contributed by atoms with Crippen LogP contribution < -0.4 is 16.0 Å². The van der Waals surface area contributed by atoms with Crippen LogP contribution in [0.15, 0.2) is 30.3 Å². The zero-order chi connectivity index (χ0) is 17.4. The molecule has 24 heavy (non-hydrogen) atoms. The number of hydrogen-bond donors (Lipinski definition) is 3. The van der Waals surface area contributed by atoms with Crippen LogP contribution in [0, 0.1) is 0 Å². The molecule has 132 valence electrons. The van der Waals surface area contributed by atoms with Crippen molar-refractivity contribution in [2.24, 2.45) is 0 Å². The number of hydrogen-bond acceptors (Lipinski definition) is 4. The number of carbonyl (C=O) groups is 1. The molecule has 0 saturated carbocycles. The Balaban J connectivity index is 1.55. The van der Waals surface area contributed by atoms with E-state index in [0.717, 1.165) is 13.0 Å². The van der Waals surface area contributed by atoms with Crippen molar-refractivity contribution in [1.82, 2.24) is 16.0 Å². The maximum Gasteiger partial charge on any atom is 0.222 e. The lowest BCUT2D eigenvalue weighted by molar-refractivity contribution is -0.121. The molecule has 1 saturated heterocycles. The van der Waals surface area contributed by atoms with E-state index in [9.17, 15) is 13.2 Å². The topological polar surface area (TPSA) is 87.3 Å². The van der Waals surface area contributed by atoms with Crippen LogP contribution in [-0.4, -0.2) is 50.1 Å². The van der Waals surface area contributed by atoms with E-state index in [-0.39, 0.29) is 29.9 Å². The van der Waals surface area contributed by atoms with E-state index in [1.165, 1.54) is 5.56 Å². The number of thiocarbonyl (C=S) groups is 1. The van der Waals surface area contributed by atoms with Crippen LogP contribution in [0.5, 0.6) is 0 Å². The lowest BCUT2D eigenvalue weighted by atomic mass is 10.1. The van der Waals surface area contributed by atoms with Crippen molar-refractivity contribution < 1.29 is 13.2 Å². The fourth-order valence-corrected chi connectivity index (χ4v) is 4.40. The first kappa shape index (κ1) is 18.7. The Kier molecular flexibility index (Phi) is 6.99. The molecule has 0 aliphatic carbocycles. The molecule has 1 heterocycles. The number of rotatable bonds is 7. The smallest absolute Gasteiger partial charge is 0.222 e. The summed E-state index contributed by atoms with van der Waals surface area (Å²) in [5, 5.41) is 9.35. The summed E-state index contributed by atoms with van der Waals surface area (Å²) in [5.41, 5.74) is 1.23. The Morgan fingerprint density at radius 3 is 2.54 bits per heavy atom. The van der Waals surface area contributed by atoms with Gasteiger partial charge in [0.25, 0.3) is 0 Å². The largest absolute Gasteiger partial charge is 0.362 e. The minimum Gasteiger partial charge on any atom is -0.362 e. The van der Waals surface area contributed by atoms with Crippen LogP contribution in [0.3, 0.4) is 0 Å². The second kappa shape index (κ2) is 8.98. The summed E-state index contributed by atoms with van der Waals surface area (Å²) in [6, 6.07) is 9.85. The molecule has 1 aromatic rings. The molecule has 1 atom stereocenters. The van der Waals surface area contributed by atoms with E-state index < -0.39 is 9.84 Å². The number of nitrogens with one attached hydrogen (secondary N) is 3. The molecule has 8 heteroatoms. The molecule has 0 bridgehead atoms. The molecular weight excluding hydrogens is 346 g/mol. The van der Waals surface area contributed by atoms with Crippen molar-refractivity contribution in [2.45, 2.75) is 25.3 Å². The lowest BCUT2D eigenvalue weighted by Gasteiger charge is -2.12. The van der Waals surface area contributed by atoms with Crippen LogP contribution in [0.4, 0.5) is 0 Å². The van der Waals surface area contributed by atoms with Crippen LogP contribution >= 0.6 is 12.2 Å². The molecule has 1 unspecified atom stereocenters. The van der Waals surface area contributed by atoms with Crippen LogP contribution in [0.1, 0.15) is 18.4 Å². The van der Waals surface area contributed by atoms with E-state index in [2.05, 4.69) is 28.1 Å². The molecule has 0 aromatic heterocycles. The molecule has 1 aliphatic rings. The summed E-state index contributed by atoms with van der Waals surface area (Å²) in [4.78, 5) is 11.8. The van der Waals surface area contributed by atoms with Gasteiger partial charge in [0.15, 0.2) is 14.9 Å². The van der Waals surface area contributed by atoms with Crippen molar-refractivity contribution in [1.29, 1.82) is 0 Å². The van der Waals surface area contributed by atoms with Gasteiger partial charge in [-0.3, -0.25) is 4.79 Å². The van der Waals surface area contributed by atoms with E-state index in [0.29, 0.717) is 18.1 Å². The Bertz CT molecular complexity index is 662. The second-order valence-electron chi connectivity index (χ2n) is 5.84. The third kappa shape index (κ3) is 6.84. The lowest BCUT2D eigenvalue weighted by Crippen LogP contribution is -2.40. The Morgan fingerprint density at radius 1 is 1.17 bits per heavy atom. The van der Waals surface area contributed by atoms with Gasteiger partial charge in [-0.1, -0.05) is 30.3 Å². The van der Waals surface area contributed by atoms with Crippen molar-refractivity contribution in [3.8, 4) is 0 Å². The van der Waals surface area contributed by atoms with E-state index in [1.54, 1.807) is 0 Å². The standard InChI is InChI=1S/C16H23N3O3S2/c20-15(19-14-8-11-24(21,22)12-14)7-10-18-16(23)17-9-6-13-4-2-1-3-5-13/h1-5,14H,6-12H2,(H,19,20)(H2,17,18,23). The molecule has 0 spiro atoms. The average molecular weight is 370 g/mol. The summed E-state index contributed by atoms with van der Waals surface area (Å²) < 4.78 is 22.7. The molecule has 6 nitrogen and oxygen atoms in total. The quantitative estimate of drug-likeness (QED) is 0.603. The third-order valence-electron chi connectivity index (χ3n) is 3.78. The molecule has 1 aromatic carbocycles. The minimum atomic E-state index is -2.97. The highest BCUT2D eigenvalue weighted by molar-refractivity contribution is 7.91. The number of amides is 1. The molecule has 2 rings (SSSR count). The van der Waals surface area contributed by atoms with Gasteiger partial charge in [0.1, 0.15) is 0 Å². The predicted molar refractivity (Wildman–Crippen MR) is 98.6 cm³/mol. The van der Waals surface area contributed by atoms with E-state index >= 15 is 0 Å². The van der Waals surface area contributed by atoms with Gasteiger partial charge in [0.2, 0.25) is 5.91 Å². The van der Waals surface area contributed by atoms with Crippen LogP contribution in [0.25, 0.3) is 0 Å². The van der Waals surface area contributed by atoms with Crippen molar-refractivity contribution >= 4 is 33.1 Å². The monoisotopic (exact) mass is 369 g/mol. The summed E-state index contributed by atoms with van der Waals surface area (Å²) in [6.07, 6.45) is 1.64. The van der Waals surface area contributed by atoms with Gasteiger partial charge in [-0.05, 0) is 30.6 Å². The van der Waals surface area contributed by atoms with Crippen molar-refractivity contribution in [2.75, 3.05) is 24.6 Å². The molecule has 1 fully saturated rings. The van der Waals surface area contributed by atoms with Gasteiger partial charge in [0, 0.05) is 25.6 Å². The first-order chi connectivity index (χ1) is 11.4. The first-order valence-electron chi connectivity index (χ1n) is 8.00. The molecule has 3 N–H and O–H groups in total. The summed E-state index contributed by atoms with van der Waals surface area (Å²) >= 11 is 5.16. The van der Waals surface area contributed by atoms with E-state index in [4.69, 9.17) is 12.2 Å². The summed E-state index contributed by atoms with van der Waals surface area (Å²) in [5.74, 6) is 0.0497. The molecular formula is C16H23N3O3S2. The van der Waals surface area contributed by atoms with Crippen LogP contribution in [-0.2, 0) is 21.1 Å². The molecule has 1 amide bonds. The zero-order valence-electron chi connectivity index (χ0n) is 13.5. The van der Waals surface area contributed by atoms with Crippen molar-refractivity contribution in [3.05, 3.63) is 35.9 Å². The Morgan fingerprint density at radius 2 is 1.88 bits per heavy atom. The fourth-order valence-electron chi connectivity index (χ4n) is 2.53. The maximum absolute atomic E-state index is 11.8. The first-order valence-corrected chi connectivity index (χ1v) is 10.2. The normalized spacial score (nSPS) is 18.8. The van der Waals surface area contributed by atoms with Gasteiger partial charge < -0.3 is 16.0 Å². The Hall–Kier alpha value is -1.67. The summed E-state index contributed by atoms with van der Waals surface area (Å²) in [7, 11) is -2.97. The third-order valence-corrected chi connectivity index (χ3v) is 5.83. The fraction of sp³-hybridized carbons (Fsp3) is 0.500. The number of benzene rings is 1. The highest BCUT2D eigenvalue weighted by Gasteiger charge is 2.28. The van der Waals surface area contributed by atoms with Crippen molar-refractivity contribution in [3.63, 3.8) is 0 Å². The van der Waals surface area contributed by atoms with E-state index in [1.807, 2.05) is 18.2 Å².